The minimum atomic E-state index is -1.27. The van der Waals surface area contributed by atoms with Crippen molar-refractivity contribution in [3.63, 3.8) is 0 Å². The van der Waals surface area contributed by atoms with E-state index in [-0.39, 0.29) is 18.5 Å². The van der Waals surface area contributed by atoms with Crippen LogP contribution in [0.3, 0.4) is 0 Å². The number of aliphatic carboxylic acids is 1. The van der Waals surface area contributed by atoms with Crippen LogP contribution in [0.1, 0.15) is 24.8 Å². The van der Waals surface area contributed by atoms with Crippen molar-refractivity contribution in [2.75, 3.05) is 6.54 Å². The van der Waals surface area contributed by atoms with Gasteiger partial charge in [0.15, 0.2) is 0 Å². The largest absolute Gasteiger partial charge is 0.481 e. The highest BCUT2D eigenvalue weighted by atomic mass is 19.1. The molecule has 19 heavy (non-hydrogen) atoms. The second-order valence-corrected chi connectivity index (χ2v) is 5.31. The molecule has 1 aliphatic rings. The van der Waals surface area contributed by atoms with Gasteiger partial charge in [0, 0.05) is 12.1 Å². The molecule has 1 saturated carbocycles. The molecule has 0 bridgehead atoms. The molecule has 3 nitrogen and oxygen atoms in total. The summed E-state index contributed by atoms with van der Waals surface area (Å²) >= 11 is 0. The van der Waals surface area contributed by atoms with Gasteiger partial charge in [0.25, 0.3) is 0 Å². The molecule has 1 unspecified atom stereocenters. The zero-order valence-corrected chi connectivity index (χ0v) is 10.5. The predicted octanol–water partition coefficient (Wildman–Crippen LogP) is 2.34. The standard InChI is InChI=1S/C14H17F2NO2/c15-11-2-1-3-12(16)10(11)7-14(8-17,13(18)19)6-9-4-5-9/h1-3,9H,4-8,17H2,(H,18,19). The van der Waals surface area contributed by atoms with Gasteiger partial charge in [-0.25, -0.2) is 8.78 Å². The van der Waals surface area contributed by atoms with E-state index in [1.54, 1.807) is 0 Å². The Morgan fingerprint density at radius 1 is 1.37 bits per heavy atom. The van der Waals surface area contributed by atoms with E-state index in [0.29, 0.717) is 12.3 Å². The molecule has 0 heterocycles. The van der Waals surface area contributed by atoms with E-state index >= 15 is 0 Å². The van der Waals surface area contributed by atoms with E-state index in [9.17, 15) is 18.7 Å². The highest BCUT2D eigenvalue weighted by Crippen LogP contribution is 2.42. The first kappa shape index (κ1) is 13.9. The Kier molecular flexibility index (Phi) is 3.85. The van der Waals surface area contributed by atoms with Crippen LogP contribution in [0.5, 0.6) is 0 Å². The lowest BCUT2D eigenvalue weighted by Gasteiger charge is -2.28. The number of halogens is 2. The molecule has 104 valence electrons. The number of hydrogen-bond acceptors (Lipinski definition) is 2. The minimum Gasteiger partial charge on any atom is -0.481 e. The molecule has 0 aliphatic heterocycles. The third kappa shape index (κ3) is 2.92. The Hall–Kier alpha value is -1.49. The van der Waals surface area contributed by atoms with Crippen molar-refractivity contribution in [3.05, 3.63) is 35.4 Å². The van der Waals surface area contributed by atoms with E-state index in [1.165, 1.54) is 6.07 Å². The Labute approximate surface area is 110 Å². The SMILES string of the molecule is NCC(Cc1c(F)cccc1F)(CC1CC1)C(=O)O. The van der Waals surface area contributed by atoms with E-state index in [4.69, 9.17) is 5.73 Å². The average molecular weight is 269 g/mol. The molecule has 1 atom stereocenters. The van der Waals surface area contributed by atoms with Gasteiger partial charge in [-0.05, 0) is 30.9 Å². The fourth-order valence-corrected chi connectivity index (χ4v) is 2.39. The van der Waals surface area contributed by atoms with Crippen molar-refractivity contribution < 1.29 is 18.7 Å². The summed E-state index contributed by atoms with van der Waals surface area (Å²) in [5, 5.41) is 9.42. The van der Waals surface area contributed by atoms with Crippen LogP contribution in [0.15, 0.2) is 18.2 Å². The molecule has 0 spiro atoms. The summed E-state index contributed by atoms with van der Waals surface area (Å²) in [5.41, 5.74) is 4.15. The number of rotatable bonds is 6. The van der Waals surface area contributed by atoms with E-state index in [1.807, 2.05) is 0 Å². The number of carbonyl (C=O) groups is 1. The molecule has 1 aromatic rings. The molecule has 0 aromatic heterocycles. The van der Waals surface area contributed by atoms with Crippen molar-refractivity contribution >= 4 is 5.97 Å². The van der Waals surface area contributed by atoms with Crippen molar-refractivity contribution in [2.24, 2.45) is 17.1 Å². The first-order valence-electron chi connectivity index (χ1n) is 6.35. The molecule has 0 saturated heterocycles. The number of hydrogen-bond donors (Lipinski definition) is 2. The van der Waals surface area contributed by atoms with Crippen LogP contribution in [0.4, 0.5) is 8.78 Å². The van der Waals surface area contributed by atoms with Gasteiger partial charge in [-0.1, -0.05) is 18.9 Å². The lowest BCUT2D eigenvalue weighted by Crippen LogP contribution is -2.41. The van der Waals surface area contributed by atoms with Gasteiger partial charge in [0.1, 0.15) is 11.6 Å². The van der Waals surface area contributed by atoms with Gasteiger partial charge in [-0.15, -0.1) is 0 Å². The first-order chi connectivity index (χ1) is 8.98. The summed E-state index contributed by atoms with van der Waals surface area (Å²) in [6.07, 6.45) is 2.12. The summed E-state index contributed by atoms with van der Waals surface area (Å²) in [6, 6.07) is 3.54. The van der Waals surface area contributed by atoms with Crippen LogP contribution in [-0.4, -0.2) is 17.6 Å². The fraction of sp³-hybridized carbons (Fsp3) is 0.500. The maximum absolute atomic E-state index is 13.7. The van der Waals surface area contributed by atoms with Crippen molar-refractivity contribution in [3.8, 4) is 0 Å². The molecule has 0 amide bonds. The molecular weight excluding hydrogens is 252 g/mol. The lowest BCUT2D eigenvalue weighted by atomic mass is 9.77. The summed E-state index contributed by atoms with van der Waals surface area (Å²) in [6.45, 7) is -0.118. The van der Waals surface area contributed by atoms with Crippen LogP contribution in [0.25, 0.3) is 0 Å². The molecular formula is C14H17F2NO2. The number of carboxylic acids is 1. The lowest BCUT2D eigenvalue weighted by molar-refractivity contribution is -0.149. The maximum Gasteiger partial charge on any atom is 0.311 e. The van der Waals surface area contributed by atoms with Crippen LogP contribution in [0.2, 0.25) is 0 Å². The second-order valence-electron chi connectivity index (χ2n) is 5.31. The molecule has 0 radical (unpaired) electrons. The molecule has 1 aliphatic carbocycles. The van der Waals surface area contributed by atoms with Gasteiger partial charge < -0.3 is 10.8 Å². The summed E-state index contributed by atoms with van der Waals surface area (Å²) in [7, 11) is 0. The highest BCUT2D eigenvalue weighted by Gasteiger charge is 2.43. The maximum atomic E-state index is 13.7. The summed E-state index contributed by atoms with van der Waals surface area (Å²) in [4.78, 5) is 11.5. The Bertz CT molecular complexity index is 468. The van der Waals surface area contributed by atoms with Crippen LogP contribution in [0, 0.1) is 23.0 Å². The summed E-state index contributed by atoms with van der Waals surface area (Å²) in [5.74, 6) is -2.19. The number of nitrogens with two attached hydrogens (primary N) is 1. The van der Waals surface area contributed by atoms with Crippen LogP contribution < -0.4 is 5.73 Å². The predicted molar refractivity (Wildman–Crippen MR) is 66.5 cm³/mol. The van der Waals surface area contributed by atoms with Gasteiger partial charge in [-0.3, -0.25) is 4.79 Å². The Balaban J connectivity index is 2.31. The van der Waals surface area contributed by atoms with E-state index in [0.717, 1.165) is 25.0 Å². The third-order valence-electron chi connectivity index (χ3n) is 3.80. The van der Waals surface area contributed by atoms with Gasteiger partial charge in [-0.2, -0.15) is 0 Å². The van der Waals surface area contributed by atoms with Crippen molar-refractivity contribution in [1.82, 2.24) is 0 Å². The number of benzene rings is 1. The second kappa shape index (κ2) is 5.25. The normalized spacial score (nSPS) is 18.1. The smallest absolute Gasteiger partial charge is 0.311 e. The third-order valence-corrected chi connectivity index (χ3v) is 3.80. The number of carboxylic acid groups (broad SMARTS) is 1. The van der Waals surface area contributed by atoms with Crippen molar-refractivity contribution in [1.29, 1.82) is 0 Å². The summed E-state index contributed by atoms with van der Waals surface area (Å²) < 4.78 is 27.3. The van der Waals surface area contributed by atoms with E-state index in [2.05, 4.69) is 0 Å². The minimum absolute atomic E-state index is 0.118. The van der Waals surface area contributed by atoms with Gasteiger partial charge in [0.2, 0.25) is 0 Å². The molecule has 2 rings (SSSR count). The quantitative estimate of drug-likeness (QED) is 0.833. The topological polar surface area (TPSA) is 63.3 Å². The molecule has 1 aromatic carbocycles. The first-order valence-corrected chi connectivity index (χ1v) is 6.35. The average Bonchev–Trinajstić information content (AvgIpc) is 3.16. The Morgan fingerprint density at radius 2 is 1.95 bits per heavy atom. The van der Waals surface area contributed by atoms with Gasteiger partial charge in [0.05, 0.1) is 5.41 Å². The van der Waals surface area contributed by atoms with Crippen molar-refractivity contribution in [2.45, 2.75) is 25.7 Å². The zero-order valence-electron chi connectivity index (χ0n) is 10.5. The van der Waals surface area contributed by atoms with Crippen LogP contribution >= 0.6 is 0 Å². The Morgan fingerprint density at radius 3 is 2.37 bits per heavy atom. The molecule has 3 N–H and O–H groups in total. The fourth-order valence-electron chi connectivity index (χ4n) is 2.39. The zero-order chi connectivity index (χ0) is 14.0. The van der Waals surface area contributed by atoms with E-state index < -0.39 is 23.0 Å². The monoisotopic (exact) mass is 269 g/mol. The molecule has 1 fully saturated rings. The molecule has 5 heteroatoms. The highest BCUT2D eigenvalue weighted by molar-refractivity contribution is 5.75. The van der Waals surface area contributed by atoms with Gasteiger partial charge >= 0.3 is 5.97 Å². The van der Waals surface area contributed by atoms with Crippen LogP contribution in [-0.2, 0) is 11.2 Å².